The SMILES string of the molecule is C=C1C=C(c2cnc([C@@H]3C[C@@H](F)CN3C(=O)[C@@H](NC(=O)OC)C(C)C)[nH]2)C2(C)C(c3cnc([C@@H]4C[C@@H](F)CN4C(=O)[C@@H](NC=O)C(=C)C)[nH]3)=CC=C2N(CC)[C@@H](c2ccc(-c3ccc(-c4ccccc4)cc3)cc2)O1. The number of aromatic nitrogens is 4. The maximum Gasteiger partial charge on any atom is 0.407 e. The number of allylic oxidation sites excluding steroid dienone is 4. The van der Waals surface area contributed by atoms with E-state index in [4.69, 9.17) is 19.4 Å². The molecule has 0 radical (unpaired) electrons. The molecule has 3 aliphatic heterocycles. The second-order valence-electron chi connectivity index (χ2n) is 20.1. The molecule has 3 aromatic carbocycles. The minimum absolute atomic E-state index is 0.0120. The summed E-state index contributed by atoms with van der Waals surface area (Å²) in [5.41, 5.74) is 8.02. The van der Waals surface area contributed by atoms with E-state index in [9.17, 15) is 19.2 Å². The normalized spacial score (nSPS) is 23.3. The van der Waals surface area contributed by atoms with Crippen molar-refractivity contribution in [3.63, 3.8) is 0 Å². The third-order valence-electron chi connectivity index (χ3n) is 14.9. The summed E-state index contributed by atoms with van der Waals surface area (Å²) < 4.78 is 42.6. The first-order valence-corrected chi connectivity index (χ1v) is 25.3. The van der Waals surface area contributed by atoms with Crippen molar-refractivity contribution in [1.82, 2.24) is 45.3 Å². The molecule has 8 atom stereocenters. The summed E-state index contributed by atoms with van der Waals surface area (Å²) in [6, 6.07) is 23.4. The number of aromatic amines is 2. The number of carbonyl (C=O) groups is 4. The van der Waals surface area contributed by atoms with Gasteiger partial charge in [-0.25, -0.2) is 23.5 Å². The third-order valence-corrected chi connectivity index (χ3v) is 14.9. The fraction of sp³-hybridized carbons (Fsp3) is 0.345. The number of benzene rings is 3. The summed E-state index contributed by atoms with van der Waals surface area (Å²) in [5, 5.41) is 5.14. The highest BCUT2D eigenvalue weighted by atomic mass is 19.1. The Morgan fingerprint density at radius 1 is 0.840 bits per heavy atom. The molecule has 0 bridgehead atoms. The monoisotopic (exact) mass is 1020 g/mol. The number of amides is 4. The van der Waals surface area contributed by atoms with E-state index in [1.807, 2.05) is 43.4 Å². The topological polar surface area (TPSA) is 178 Å². The molecule has 75 heavy (non-hydrogen) atoms. The molecule has 390 valence electrons. The Morgan fingerprint density at radius 3 is 1.89 bits per heavy atom. The van der Waals surface area contributed by atoms with Gasteiger partial charge in [0.2, 0.25) is 18.2 Å². The van der Waals surface area contributed by atoms with Crippen molar-refractivity contribution in [3.05, 3.63) is 168 Å². The second kappa shape index (κ2) is 21.4. The lowest BCUT2D eigenvalue weighted by Crippen LogP contribution is -2.51. The van der Waals surface area contributed by atoms with Crippen LogP contribution in [0, 0.1) is 11.3 Å². The molecule has 17 heteroatoms. The Morgan fingerprint density at radius 2 is 1.37 bits per heavy atom. The van der Waals surface area contributed by atoms with Gasteiger partial charge in [0.1, 0.15) is 41.8 Å². The van der Waals surface area contributed by atoms with Crippen molar-refractivity contribution in [2.45, 2.75) is 90.2 Å². The molecule has 1 aliphatic carbocycles. The van der Waals surface area contributed by atoms with Crippen LogP contribution in [0.25, 0.3) is 33.4 Å². The van der Waals surface area contributed by atoms with Crippen LogP contribution >= 0.6 is 0 Å². The van der Waals surface area contributed by atoms with Crippen LogP contribution in [0.1, 0.15) is 94.4 Å². The highest BCUT2D eigenvalue weighted by Gasteiger charge is 2.49. The summed E-state index contributed by atoms with van der Waals surface area (Å²) in [6.07, 6.45) is 5.51. The number of hydrogen-bond acceptors (Lipinski definition) is 9. The molecule has 0 spiro atoms. The van der Waals surface area contributed by atoms with Crippen LogP contribution in [0.4, 0.5) is 13.6 Å². The molecule has 5 heterocycles. The molecule has 4 N–H and O–H groups in total. The average molecular weight is 1020 g/mol. The average Bonchev–Trinajstić information content (AvgIpc) is 4.27. The van der Waals surface area contributed by atoms with Gasteiger partial charge in [-0.05, 0) is 77.8 Å². The molecule has 4 amide bonds. The fourth-order valence-electron chi connectivity index (χ4n) is 11.0. The molecule has 4 aliphatic rings. The molecule has 2 aromatic heterocycles. The first-order chi connectivity index (χ1) is 36.0. The van der Waals surface area contributed by atoms with E-state index in [1.54, 1.807) is 33.2 Å². The fourth-order valence-corrected chi connectivity index (χ4v) is 11.0. The van der Waals surface area contributed by atoms with Gasteiger partial charge in [-0.2, -0.15) is 0 Å². The molecule has 0 saturated carbocycles. The van der Waals surface area contributed by atoms with Crippen LogP contribution in [0.15, 0.2) is 140 Å². The molecule has 15 nitrogen and oxygen atoms in total. The van der Waals surface area contributed by atoms with Crippen LogP contribution < -0.4 is 10.6 Å². The zero-order valence-electron chi connectivity index (χ0n) is 43.0. The number of H-pyrrole nitrogens is 2. The summed E-state index contributed by atoms with van der Waals surface area (Å²) >= 11 is 0. The number of rotatable bonds is 15. The quantitative estimate of drug-likeness (QED) is 0.0587. The number of alkyl halides is 2. The van der Waals surface area contributed by atoms with Crippen molar-refractivity contribution < 1.29 is 37.4 Å². The first-order valence-electron chi connectivity index (χ1n) is 25.3. The maximum absolute atomic E-state index is 15.5. The number of alkyl carbamates (subject to hydrolysis) is 1. The Bertz CT molecular complexity index is 3070. The van der Waals surface area contributed by atoms with Gasteiger partial charge in [0, 0.05) is 30.6 Å². The molecule has 9 rings (SSSR count). The van der Waals surface area contributed by atoms with Gasteiger partial charge >= 0.3 is 6.09 Å². The van der Waals surface area contributed by atoms with E-state index in [0.29, 0.717) is 52.9 Å². The van der Waals surface area contributed by atoms with Gasteiger partial charge in [0.15, 0.2) is 6.23 Å². The van der Waals surface area contributed by atoms with E-state index < -0.39 is 66.1 Å². The van der Waals surface area contributed by atoms with Crippen LogP contribution in [0.5, 0.6) is 0 Å². The smallest absolute Gasteiger partial charge is 0.407 e. The van der Waals surface area contributed by atoms with Crippen molar-refractivity contribution in [1.29, 1.82) is 0 Å². The lowest BCUT2D eigenvalue weighted by Gasteiger charge is -2.44. The van der Waals surface area contributed by atoms with Crippen molar-refractivity contribution >= 4 is 35.5 Å². The van der Waals surface area contributed by atoms with Gasteiger partial charge in [-0.15, -0.1) is 0 Å². The predicted molar refractivity (Wildman–Crippen MR) is 282 cm³/mol. The number of imidazole rings is 2. The number of likely N-dealkylation sites (tertiary alicyclic amines) is 2. The third kappa shape index (κ3) is 10.0. The van der Waals surface area contributed by atoms with Crippen molar-refractivity contribution in [3.8, 4) is 22.3 Å². The van der Waals surface area contributed by atoms with Gasteiger partial charge in [-0.3, -0.25) is 14.4 Å². The number of nitrogens with one attached hydrogen (secondary N) is 4. The van der Waals surface area contributed by atoms with E-state index in [1.165, 1.54) is 16.9 Å². The number of methoxy groups -OCH3 is 1. The predicted octanol–water partition coefficient (Wildman–Crippen LogP) is 9.70. The summed E-state index contributed by atoms with van der Waals surface area (Å²) in [4.78, 5) is 73.4. The van der Waals surface area contributed by atoms with Crippen LogP contribution in [-0.2, 0) is 23.9 Å². The van der Waals surface area contributed by atoms with Gasteiger partial charge in [-0.1, -0.05) is 112 Å². The van der Waals surface area contributed by atoms with Crippen LogP contribution in [-0.4, -0.2) is 110 Å². The van der Waals surface area contributed by atoms with Crippen LogP contribution in [0.2, 0.25) is 0 Å². The Labute approximate surface area is 435 Å². The second-order valence-corrected chi connectivity index (χ2v) is 20.1. The Balaban J connectivity index is 1.09. The maximum atomic E-state index is 15.5. The number of hydrogen-bond donors (Lipinski definition) is 4. The van der Waals surface area contributed by atoms with Gasteiger partial charge in [0.25, 0.3) is 0 Å². The largest absolute Gasteiger partial charge is 0.467 e. The number of halogens is 2. The Kier molecular flexibility index (Phi) is 14.8. The van der Waals surface area contributed by atoms with Crippen molar-refractivity contribution in [2.24, 2.45) is 11.3 Å². The summed E-state index contributed by atoms with van der Waals surface area (Å²) in [7, 11) is 1.21. The van der Waals surface area contributed by atoms with E-state index in [-0.39, 0.29) is 31.8 Å². The van der Waals surface area contributed by atoms with Gasteiger partial charge in [0.05, 0.1) is 61.5 Å². The molecule has 2 fully saturated rings. The minimum Gasteiger partial charge on any atom is -0.467 e. The van der Waals surface area contributed by atoms with Crippen molar-refractivity contribution in [2.75, 3.05) is 26.7 Å². The summed E-state index contributed by atoms with van der Waals surface area (Å²) in [6.45, 7) is 17.7. The lowest BCUT2D eigenvalue weighted by molar-refractivity contribution is -0.136. The number of fused-ring (bicyclic) bond motifs is 1. The Hall–Kier alpha value is -8.08. The molecule has 5 aromatic rings. The number of carbonyl (C=O) groups excluding carboxylic acids is 4. The minimum atomic E-state index is -1.35. The molecule has 2 saturated heterocycles. The molecule has 1 unspecified atom stereocenters. The van der Waals surface area contributed by atoms with Crippen LogP contribution in [0.3, 0.4) is 0 Å². The first kappa shape index (κ1) is 51.8. The molecular weight excluding hydrogens is 957 g/mol. The number of ether oxygens (including phenoxy) is 2. The standard InChI is InChI=1S/C58H63F2N9O6/c1-9-67-49-24-23-43(45-28-61-52(64-45)47-26-41(59)30-68(47)54(71)50(33(2)3)63-32-70)58(49,7)44(46-29-62-53(65-46)48-27-42(60)31-69(48)55(72)51(34(4)5)66-57(73)74-8)25-35(6)75-56(67)40-21-19-39(20-22-40)38-17-15-37(16-18-38)36-13-11-10-12-14-36/h10-25,28-29,32,34,41-42,47-48,50-51,56H,2,6,9,26-27,30-31H2,1,3-5,7-8H3,(H,61,64)(H,62,65)(H,63,70)(H,66,73)/t41-,42-,47+,48+,50+,51+,56-,58?/m1/s1. The highest BCUT2D eigenvalue weighted by Crippen LogP contribution is 2.57. The highest BCUT2D eigenvalue weighted by molar-refractivity contribution is 5.92. The molecular formula is C58H63F2N9O6. The zero-order valence-corrected chi connectivity index (χ0v) is 43.0. The van der Waals surface area contributed by atoms with E-state index in [0.717, 1.165) is 39.1 Å². The summed E-state index contributed by atoms with van der Waals surface area (Å²) in [5.74, 6) is -0.245. The zero-order chi connectivity index (χ0) is 53.3. The van der Waals surface area contributed by atoms with E-state index >= 15 is 8.78 Å². The van der Waals surface area contributed by atoms with Gasteiger partial charge < -0.3 is 44.8 Å². The lowest BCUT2D eigenvalue weighted by atomic mass is 9.71. The number of nitrogens with zero attached hydrogens (tertiary/aromatic N) is 5. The van der Waals surface area contributed by atoms with E-state index in [2.05, 4.69) is 106 Å².